The van der Waals surface area contributed by atoms with Crippen LogP contribution in [0.15, 0.2) is 94.3 Å². The van der Waals surface area contributed by atoms with Gasteiger partial charge in [-0.25, -0.2) is 4.98 Å². The van der Waals surface area contributed by atoms with Crippen molar-refractivity contribution in [2.75, 3.05) is 7.11 Å². The van der Waals surface area contributed by atoms with Gasteiger partial charge in [-0.15, -0.1) is 0 Å². The quantitative estimate of drug-likeness (QED) is 0.202. The first-order valence-corrected chi connectivity index (χ1v) is 13.1. The first-order chi connectivity index (χ1) is 18.9. The molecule has 0 spiro atoms. The van der Waals surface area contributed by atoms with E-state index in [1.807, 2.05) is 25.1 Å². The zero-order chi connectivity index (χ0) is 27.5. The number of benzene rings is 3. The molecule has 9 heteroatoms. The van der Waals surface area contributed by atoms with Gasteiger partial charge in [0.25, 0.3) is 11.5 Å². The van der Waals surface area contributed by atoms with E-state index in [1.165, 1.54) is 10.6 Å². The molecule has 0 aliphatic rings. The SMILES string of the molecule is CCC(c1nc2ccccc2c(=O)n1-c1ccccc1OC)N(Cc1ccco1)C(=O)c1ccc(Cl)c(Cl)c1. The van der Waals surface area contributed by atoms with E-state index in [0.29, 0.717) is 50.9 Å². The topological polar surface area (TPSA) is 77.6 Å². The number of aromatic nitrogens is 2. The lowest BCUT2D eigenvalue weighted by Gasteiger charge is -2.32. The third-order valence-corrected chi connectivity index (χ3v) is 7.26. The average Bonchev–Trinajstić information content (AvgIpc) is 3.47. The molecule has 0 N–H and O–H groups in total. The molecule has 198 valence electrons. The maximum atomic E-state index is 14.1. The monoisotopic (exact) mass is 561 g/mol. The van der Waals surface area contributed by atoms with Crippen molar-refractivity contribution in [3.8, 4) is 11.4 Å². The number of amides is 1. The van der Waals surface area contributed by atoms with Crippen molar-refractivity contribution >= 4 is 40.0 Å². The molecule has 0 bridgehead atoms. The normalized spacial score (nSPS) is 11.9. The van der Waals surface area contributed by atoms with Crippen LogP contribution in [0.2, 0.25) is 10.0 Å². The summed E-state index contributed by atoms with van der Waals surface area (Å²) in [5.74, 6) is 1.16. The molecule has 1 atom stereocenters. The Kier molecular flexibility index (Phi) is 7.72. The number of carbonyl (C=O) groups is 1. The van der Waals surface area contributed by atoms with Crippen LogP contribution < -0.4 is 10.3 Å². The molecule has 39 heavy (non-hydrogen) atoms. The van der Waals surface area contributed by atoms with Crippen LogP contribution in [0.25, 0.3) is 16.6 Å². The van der Waals surface area contributed by atoms with Gasteiger partial charge in [0, 0.05) is 5.56 Å². The van der Waals surface area contributed by atoms with E-state index < -0.39 is 6.04 Å². The molecule has 2 aromatic heterocycles. The summed E-state index contributed by atoms with van der Waals surface area (Å²) < 4.78 is 12.8. The molecule has 0 aliphatic carbocycles. The van der Waals surface area contributed by atoms with Crippen LogP contribution in [0.3, 0.4) is 0 Å². The van der Waals surface area contributed by atoms with Gasteiger partial charge in [-0.05, 0) is 61.0 Å². The number of furan rings is 1. The van der Waals surface area contributed by atoms with Gasteiger partial charge < -0.3 is 14.1 Å². The molecule has 5 rings (SSSR count). The Hall–Kier alpha value is -4.07. The number of fused-ring (bicyclic) bond motifs is 1. The summed E-state index contributed by atoms with van der Waals surface area (Å²) in [7, 11) is 1.55. The Morgan fingerprint density at radius 2 is 1.79 bits per heavy atom. The lowest BCUT2D eigenvalue weighted by atomic mass is 10.1. The van der Waals surface area contributed by atoms with Crippen LogP contribution >= 0.6 is 23.2 Å². The van der Waals surface area contributed by atoms with E-state index >= 15 is 0 Å². The maximum Gasteiger partial charge on any atom is 0.266 e. The fourth-order valence-corrected chi connectivity index (χ4v) is 4.95. The molecule has 3 aromatic carbocycles. The number of methoxy groups -OCH3 is 1. The Morgan fingerprint density at radius 3 is 2.51 bits per heavy atom. The molecule has 2 heterocycles. The highest BCUT2D eigenvalue weighted by Gasteiger charge is 2.31. The predicted octanol–water partition coefficient (Wildman–Crippen LogP) is 7.09. The van der Waals surface area contributed by atoms with Gasteiger partial charge in [0.15, 0.2) is 0 Å². The Bertz CT molecular complexity index is 1700. The van der Waals surface area contributed by atoms with Crippen molar-refractivity contribution in [2.45, 2.75) is 25.9 Å². The van der Waals surface area contributed by atoms with Crippen molar-refractivity contribution < 1.29 is 13.9 Å². The van der Waals surface area contributed by atoms with Gasteiger partial charge in [0.1, 0.15) is 17.3 Å². The molecular formula is C30H25Cl2N3O4. The number of hydrogen-bond acceptors (Lipinski definition) is 5. The van der Waals surface area contributed by atoms with Gasteiger partial charge in [0.2, 0.25) is 0 Å². The van der Waals surface area contributed by atoms with E-state index in [0.717, 1.165) is 0 Å². The fourth-order valence-electron chi connectivity index (χ4n) is 4.65. The molecule has 1 amide bonds. The van der Waals surface area contributed by atoms with Crippen LogP contribution in [0.5, 0.6) is 5.75 Å². The van der Waals surface area contributed by atoms with Crippen LogP contribution in [0.4, 0.5) is 0 Å². The zero-order valence-corrected chi connectivity index (χ0v) is 22.8. The van der Waals surface area contributed by atoms with Crippen LogP contribution in [0.1, 0.15) is 41.3 Å². The zero-order valence-electron chi connectivity index (χ0n) is 21.3. The first-order valence-electron chi connectivity index (χ1n) is 12.4. The predicted molar refractivity (Wildman–Crippen MR) is 152 cm³/mol. The summed E-state index contributed by atoms with van der Waals surface area (Å²) in [6.07, 6.45) is 2.00. The molecule has 1 unspecified atom stereocenters. The Balaban J connectivity index is 1.76. The van der Waals surface area contributed by atoms with Crippen molar-refractivity contribution in [3.05, 3.63) is 123 Å². The van der Waals surface area contributed by atoms with Crippen molar-refractivity contribution in [1.82, 2.24) is 14.5 Å². The van der Waals surface area contributed by atoms with Gasteiger partial charge in [-0.3, -0.25) is 14.2 Å². The standard InChI is InChI=1S/C30H25Cl2N3O4/c1-3-25(34(18-20-9-8-16-39-20)29(36)19-14-15-22(31)23(32)17-19)28-33-24-11-5-4-10-21(24)30(37)35(28)26-12-6-7-13-27(26)38-2/h4-17,25H,3,18H2,1-2H3. The van der Waals surface area contributed by atoms with E-state index in [1.54, 1.807) is 72.9 Å². The highest BCUT2D eigenvalue weighted by molar-refractivity contribution is 6.42. The number of nitrogens with zero attached hydrogens (tertiary/aromatic N) is 3. The second kappa shape index (κ2) is 11.4. The molecular weight excluding hydrogens is 537 g/mol. The number of ether oxygens (including phenoxy) is 1. The summed E-state index contributed by atoms with van der Waals surface area (Å²) in [5, 5.41) is 1.07. The van der Waals surface area contributed by atoms with Gasteiger partial charge >= 0.3 is 0 Å². The number of rotatable bonds is 8. The molecule has 7 nitrogen and oxygen atoms in total. The third kappa shape index (κ3) is 5.15. The minimum absolute atomic E-state index is 0.138. The lowest BCUT2D eigenvalue weighted by molar-refractivity contribution is 0.0624. The number of hydrogen-bond donors (Lipinski definition) is 0. The molecule has 5 aromatic rings. The molecule has 0 fully saturated rings. The molecule has 0 aliphatic heterocycles. The van der Waals surface area contributed by atoms with Crippen LogP contribution in [-0.4, -0.2) is 27.5 Å². The molecule has 0 saturated carbocycles. The largest absolute Gasteiger partial charge is 0.495 e. The second-order valence-electron chi connectivity index (χ2n) is 8.86. The number of para-hydroxylation sites is 3. The third-order valence-electron chi connectivity index (χ3n) is 6.52. The van der Waals surface area contributed by atoms with Crippen molar-refractivity contribution in [1.29, 1.82) is 0 Å². The van der Waals surface area contributed by atoms with E-state index in [2.05, 4.69) is 0 Å². The van der Waals surface area contributed by atoms with Gasteiger partial charge in [-0.1, -0.05) is 54.4 Å². The lowest BCUT2D eigenvalue weighted by Crippen LogP contribution is -2.38. The highest BCUT2D eigenvalue weighted by Crippen LogP contribution is 2.32. The summed E-state index contributed by atoms with van der Waals surface area (Å²) in [6, 6.07) is 22.1. The smallest absolute Gasteiger partial charge is 0.266 e. The van der Waals surface area contributed by atoms with E-state index in [4.69, 9.17) is 37.3 Å². The fraction of sp³-hybridized carbons (Fsp3) is 0.167. The molecule has 0 saturated heterocycles. The van der Waals surface area contributed by atoms with Crippen molar-refractivity contribution in [3.63, 3.8) is 0 Å². The van der Waals surface area contributed by atoms with Crippen LogP contribution in [0, 0.1) is 0 Å². The van der Waals surface area contributed by atoms with Gasteiger partial charge in [0.05, 0.1) is 52.6 Å². The van der Waals surface area contributed by atoms with Gasteiger partial charge in [-0.2, -0.15) is 0 Å². The average molecular weight is 562 g/mol. The van der Waals surface area contributed by atoms with E-state index in [9.17, 15) is 9.59 Å². The summed E-state index contributed by atoms with van der Waals surface area (Å²) in [4.78, 5) is 34.7. The Morgan fingerprint density at radius 1 is 1.03 bits per heavy atom. The van der Waals surface area contributed by atoms with Crippen molar-refractivity contribution in [2.24, 2.45) is 0 Å². The highest BCUT2D eigenvalue weighted by atomic mass is 35.5. The van der Waals surface area contributed by atoms with E-state index in [-0.39, 0.29) is 23.0 Å². The Labute approximate surface area is 235 Å². The second-order valence-corrected chi connectivity index (χ2v) is 9.68. The first kappa shape index (κ1) is 26.5. The summed E-state index contributed by atoms with van der Waals surface area (Å²) in [5.41, 5.74) is 1.14. The summed E-state index contributed by atoms with van der Waals surface area (Å²) >= 11 is 12.4. The maximum absolute atomic E-state index is 14.1. The van der Waals surface area contributed by atoms with Crippen LogP contribution in [-0.2, 0) is 6.54 Å². The number of halogens is 2. The minimum Gasteiger partial charge on any atom is -0.495 e. The summed E-state index contributed by atoms with van der Waals surface area (Å²) in [6.45, 7) is 2.08. The molecule has 0 radical (unpaired) electrons. The number of carbonyl (C=O) groups excluding carboxylic acids is 1. The minimum atomic E-state index is -0.626.